The molecule has 0 saturated carbocycles. The van der Waals surface area contributed by atoms with E-state index < -0.39 is 42.8 Å². The molecule has 54 heavy (non-hydrogen) atoms. The number of carbonyl (C=O) groups is 1. The number of hydrogen-bond acceptors (Lipinski definition) is 9. The number of aromatic nitrogens is 2. The van der Waals surface area contributed by atoms with Gasteiger partial charge in [0.25, 0.3) is 0 Å². The molecule has 2 aromatic carbocycles. The van der Waals surface area contributed by atoms with Crippen molar-refractivity contribution in [3.8, 4) is 24.1 Å². The number of likely N-dealkylation sites (tertiary alicyclic amines) is 1. The molecular weight excluding hydrogens is 711 g/mol. The average molecular weight is 755 g/mol. The van der Waals surface area contributed by atoms with Crippen molar-refractivity contribution in [3.05, 3.63) is 59.6 Å². The third kappa shape index (κ3) is 7.25. The van der Waals surface area contributed by atoms with Crippen LogP contribution in [0.5, 0.6) is 11.8 Å². The molecule has 15 heteroatoms. The Hall–Kier alpha value is -4.68. The maximum absolute atomic E-state index is 15.2. The number of hydrogen-bond donors (Lipinski definition) is 2. The van der Waals surface area contributed by atoms with Gasteiger partial charge < -0.3 is 29.7 Å². The molecule has 0 radical (unpaired) electrons. The number of alkyl halides is 4. The van der Waals surface area contributed by atoms with E-state index in [0.717, 1.165) is 18.4 Å². The first-order chi connectivity index (χ1) is 25.9. The van der Waals surface area contributed by atoms with Crippen LogP contribution in [0.3, 0.4) is 0 Å². The van der Waals surface area contributed by atoms with Crippen LogP contribution in [0.15, 0.2) is 36.9 Å². The normalized spacial score (nSPS) is 24.1. The van der Waals surface area contributed by atoms with Gasteiger partial charge in [0.1, 0.15) is 30.2 Å². The van der Waals surface area contributed by atoms with E-state index in [9.17, 15) is 14.3 Å². The number of benzene rings is 2. The van der Waals surface area contributed by atoms with Crippen molar-refractivity contribution in [2.75, 3.05) is 55.8 Å². The molecule has 0 bridgehead atoms. The number of aromatic hydroxyl groups is 1. The lowest BCUT2D eigenvalue weighted by atomic mass is 9.93. The monoisotopic (exact) mass is 754 g/mol. The topological polar surface area (TPSA) is 103 Å². The summed E-state index contributed by atoms with van der Waals surface area (Å²) in [7, 11) is 0. The Morgan fingerprint density at radius 3 is 2.69 bits per heavy atom. The van der Waals surface area contributed by atoms with Gasteiger partial charge in [-0.1, -0.05) is 18.6 Å². The number of nitrogens with zero attached hydrogens (tertiary/aromatic N) is 5. The minimum Gasteiger partial charge on any atom is -0.508 e. The zero-order chi connectivity index (χ0) is 38.2. The molecule has 4 aliphatic rings. The second-order valence-corrected chi connectivity index (χ2v) is 14.5. The number of anilines is 2. The molecule has 1 amide bonds. The highest BCUT2D eigenvalue weighted by molar-refractivity contribution is 6.00. The lowest BCUT2D eigenvalue weighted by Gasteiger charge is -2.44. The number of terminal acetylenes is 1. The molecule has 288 valence electrons. The van der Waals surface area contributed by atoms with Gasteiger partial charge in [-0.3, -0.25) is 9.69 Å². The summed E-state index contributed by atoms with van der Waals surface area (Å²) >= 11 is 0. The molecule has 4 aliphatic heterocycles. The quantitative estimate of drug-likeness (QED) is 0.173. The molecule has 3 atom stereocenters. The second kappa shape index (κ2) is 15.2. The first kappa shape index (κ1) is 37.6. The van der Waals surface area contributed by atoms with Crippen molar-refractivity contribution in [1.29, 1.82) is 0 Å². The molecule has 1 unspecified atom stereocenters. The average Bonchev–Trinajstić information content (AvgIpc) is 3.35. The van der Waals surface area contributed by atoms with Gasteiger partial charge in [-0.25, -0.2) is 8.78 Å². The molecule has 5 heterocycles. The largest absolute Gasteiger partial charge is 0.508 e. The van der Waals surface area contributed by atoms with E-state index in [1.165, 1.54) is 35.2 Å². The molecule has 1 aromatic heterocycles. The lowest BCUT2D eigenvalue weighted by Crippen LogP contribution is -2.62. The SMILES string of the molecule is C#Cc1c(F)ccc2cc(O)cc(N3CCc4c(nc(OC[C@]5(C(F)(F)F)C[C@@H](F)CN5C5CCOCC5)nc4N4CCCCC(NC(=O)C=C)C4)C3)c12. The Morgan fingerprint density at radius 2 is 1.94 bits per heavy atom. The van der Waals surface area contributed by atoms with Gasteiger partial charge in [-0.15, -0.1) is 6.42 Å². The second-order valence-electron chi connectivity index (χ2n) is 14.5. The molecule has 0 spiro atoms. The zero-order valence-electron chi connectivity index (χ0n) is 29.8. The smallest absolute Gasteiger partial charge is 0.410 e. The van der Waals surface area contributed by atoms with Crippen molar-refractivity contribution in [3.63, 3.8) is 0 Å². The van der Waals surface area contributed by atoms with Crippen LogP contribution >= 0.6 is 0 Å². The molecule has 7 rings (SSSR count). The van der Waals surface area contributed by atoms with E-state index in [1.807, 2.05) is 9.80 Å². The van der Waals surface area contributed by atoms with Crippen LogP contribution in [0, 0.1) is 18.2 Å². The number of phenolic OH excluding ortho intramolecular Hbond substituents is 1. The van der Waals surface area contributed by atoms with Gasteiger partial charge in [0.2, 0.25) is 5.91 Å². The van der Waals surface area contributed by atoms with Crippen molar-refractivity contribution < 1.29 is 41.3 Å². The Balaban J connectivity index is 1.28. The van der Waals surface area contributed by atoms with Crippen LogP contribution in [-0.2, 0) is 22.5 Å². The molecular formula is C39H43F5N6O4. The lowest BCUT2D eigenvalue weighted by molar-refractivity contribution is -0.241. The summed E-state index contributed by atoms with van der Waals surface area (Å²) in [6, 6.07) is 4.70. The van der Waals surface area contributed by atoms with Crippen LogP contribution in [0.1, 0.15) is 55.3 Å². The van der Waals surface area contributed by atoms with Crippen LogP contribution in [0.2, 0.25) is 0 Å². The summed E-state index contributed by atoms with van der Waals surface area (Å²) in [5, 5.41) is 14.6. The van der Waals surface area contributed by atoms with E-state index in [-0.39, 0.29) is 55.6 Å². The number of phenols is 1. The molecule has 3 fully saturated rings. The maximum atomic E-state index is 15.2. The Labute approximate surface area is 310 Å². The minimum atomic E-state index is -4.83. The number of rotatable bonds is 8. The minimum absolute atomic E-state index is 0.0344. The van der Waals surface area contributed by atoms with Crippen LogP contribution < -0.4 is 19.9 Å². The summed E-state index contributed by atoms with van der Waals surface area (Å²) in [6.07, 6.45) is 3.00. The fourth-order valence-electron chi connectivity index (χ4n) is 8.54. The van der Waals surface area contributed by atoms with E-state index >= 15 is 17.6 Å². The summed E-state index contributed by atoms with van der Waals surface area (Å²) in [6.45, 7) is 4.27. The summed E-state index contributed by atoms with van der Waals surface area (Å²) < 4.78 is 86.9. The highest BCUT2D eigenvalue weighted by Crippen LogP contribution is 2.47. The zero-order valence-corrected chi connectivity index (χ0v) is 29.8. The number of fused-ring (bicyclic) bond motifs is 2. The summed E-state index contributed by atoms with van der Waals surface area (Å²) in [5.41, 5.74) is -0.896. The van der Waals surface area contributed by atoms with Crippen LogP contribution in [0.25, 0.3) is 10.8 Å². The van der Waals surface area contributed by atoms with Gasteiger partial charge >= 0.3 is 12.2 Å². The fraction of sp³-hybridized carbons (Fsp3) is 0.513. The predicted octanol–water partition coefficient (Wildman–Crippen LogP) is 5.58. The third-order valence-corrected chi connectivity index (χ3v) is 11.1. The number of halogens is 5. The van der Waals surface area contributed by atoms with Gasteiger partial charge in [0, 0.05) is 80.6 Å². The van der Waals surface area contributed by atoms with Gasteiger partial charge in [0.05, 0.1) is 17.8 Å². The number of amides is 1. The number of nitrogens with one attached hydrogen (secondary N) is 1. The maximum Gasteiger partial charge on any atom is 0.410 e. The van der Waals surface area contributed by atoms with Crippen molar-refractivity contribution >= 4 is 28.2 Å². The molecule has 2 N–H and O–H groups in total. The first-order valence-corrected chi connectivity index (χ1v) is 18.3. The summed E-state index contributed by atoms with van der Waals surface area (Å²) in [5.74, 6) is 1.94. The van der Waals surface area contributed by atoms with E-state index in [1.54, 1.807) is 0 Å². The van der Waals surface area contributed by atoms with Crippen molar-refractivity contribution in [2.45, 2.75) is 81.5 Å². The third-order valence-electron chi connectivity index (χ3n) is 11.1. The molecule has 3 saturated heterocycles. The number of ether oxygens (including phenoxy) is 2. The van der Waals surface area contributed by atoms with E-state index in [4.69, 9.17) is 20.9 Å². The highest BCUT2D eigenvalue weighted by atomic mass is 19.4. The molecule has 0 aliphatic carbocycles. The van der Waals surface area contributed by atoms with Crippen LogP contribution in [-0.4, -0.2) is 102 Å². The van der Waals surface area contributed by atoms with Gasteiger partial charge in [0.15, 0.2) is 5.54 Å². The van der Waals surface area contributed by atoms with Crippen molar-refractivity contribution in [1.82, 2.24) is 20.2 Å². The molecule has 10 nitrogen and oxygen atoms in total. The highest BCUT2D eigenvalue weighted by Gasteiger charge is 2.65. The predicted molar refractivity (Wildman–Crippen MR) is 193 cm³/mol. The molecule has 3 aromatic rings. The first-order valence-electron chi connectivity index (χ1n) is 18.3. The van der Waals surface area contributed by atoms with E-state index in [0.29, 0.717) is 73.3 Å². The van der Waals surface area contributed by atoms with E-state index in [2.05, 4.69) is 22.8 Å². The summed E-state index contributed by atoms with van der Waals surface area (Å²) in [4.78, 5) is 26.8. The Morgan fingerprint density at radius 1 is 1.15 bits per heavy atom. The van der Waals surface area contributed by atoms with Crippen molar-refractivity contribution in [2.24, 2.45) is 0 Å². The Bertz CT molecular complexity index is 1950. The fourth-order valence-corrected chi connectivity index (χ4v) is 8.54. The Kier molecular flexibility index (Phi) is 10.6. The van der Waals surface area contributed by atoms with Gasteiger partial charge in [-0.05, 0) is 62.1 Å². The van der Waals surface area contributed by atoms with Crippen LogP contribution in [0.4, 0.5) is 33.5 Å². The number of carbonyl (C=O) groups excluding carboxylic acids is 1. The van der Waals surface area contributed by atoms with Gasteiger partial charge in [-0.2, -0.15) is 23.1 Å². The standard InChI is InChI=1S/C39H43F5N6O4/c1-3-29-31(41)9-8-24-17-28(51)18-33(35(24)29)48-14-10-30-32(22-48)46-37(47-36(30)49-13-6-5-7-26(21-49)45-34(52)4-2)54-23-38(39(42,43)44)19-25(40)20-50(38)27-11-15-53-16-12-27/h1,4,8-9,17-18,25-27,51H,2,5-7,10-16,19-23H2,(H,45,52)/t25-,26?,38+/m1/s1.